The van der Waals surface area contributed by atoms with Gasteiger partial charge in [-0.3, -0.25) is 9.59 Å². The normalized spacial score (nSPS) is 11.6. The number of anilines is 1. The molecule has 27 heavy (non-hydrogen) atoms. The van der Waals surface area contributed by atoms with Crippen molar-refractivity contribution in [2.24, 2.45) is 0 Å². The molecule has 3 aromatic carbocycles. The first-order chi connectivity index (χ1) is 13.1. The van der Waals surface area contributed by atoms with Crippen molar-refractivity contribution in [3.05, 3.63) is 83.4 Å². The molecule has 1 N–H and O–H groups in total. The van der Waals surface area contributed by atoms with E-state index in [0.717, 1.165) is 22.6 Å². The number of rotatable bonds is 5. The van der Waals surface area contributed by atoms with Crippen molar-refractivity contribution in [2.75, 3.05) is 11.1 Å². The van der Waals surface area contributed by atoms with E-state index in [1.165, 1.54) is 40.9 Å². The minimum atomic E-state index is -0.104. The summed E-state index contributed by atoms with van der Waals surface area (Å²) in [6.07, 6.45) is 0.887. The lowest BCUT2D eigenvalue weighted by atomic mass is 10.0. The van der Waals surface area contributed by atoms with E-state index in [-0.39, 0.29) is 11.7 Å². The Morgan fingerprint density at radius 2 is 1.74 bits per heavy atom. The molecule has 0 unspecified atom stereocenters. The molecule has 0 saturated heterocycles. The van der Waals surface area contributed by atoms with Gasteiger partial charge in [-0.2, -0.15) is 0 Å². The van der Waals surface area contributed by atoms with E-state index in [1.807, 2.05) is 36.4 Å². The summed E-state index contributed by atoms with van der Waals surface area (Å²) in [5, 5.41) is 2.76. The average molecular weight is 373 g/mol. The van der Waals surface area contributed by atoms with Crippen LogP contribution in [0, 0.1) is 0 Å². The van der Waals surface area contributed by atoms with Crippen LogP contribution in [0.1, 0.15) is 28.4 Å². The van der Waals surface area contributed by atoms with Crippen molar-refractivity contribution in [1.82, 2.24) is 0 Å². The van der Waals surface area contributed by atoms with Crippen molar-refractivity contribution in [1.29, 1.82) is 0 Å². The predicted octanol–water partition coefficient (Wildman–Crippen LogP) is 5.19. The zero-order chi connectivity index (χ0) is 18.8. The van der Waals surface area contributed by atoms with Crippen molar-refractivity contribution in [3.8, 4) is 11.1 Å². The van der Waals surface area contributed by atoms with Crippen molar-refractivity contribution >= 4 is 29.1 Å². The Morgan fingerprint density at radius 3 is 2.59 bits per heavy atom. The van der Waals surface area contributed by atoms with E-state index >= 15 is 0 Å². The lowest BCUT2D eigenvalue weighted by Gasteiger charge is -2.07. The summed E-state index contributed by atoms with van der Waals surface area (Å²) in [7, 11) is 0. The van der Waals surface area contributed by atoms with Crippen molar-refractivity contribution < 1.29 is 9.59 Å². The molecule has 0 saturated carbocycles. The second kappa shape index (κ2) is 7.41. The maximum atomic E-state index is 12.7. The zero-order valence-electron chi connectivity index (χ0n) is 15.0. The smallest absolute Gasteiger partial charge is 0.221 e. The minimum absolute atomic E-state index is 0.104. The van der Waals surface area contributed by atoms with Gasteiger partial charge in [0.1, 0.15) is 0 Å². The third-order valence-electron chi connectivity index (χ3n) is 4.64. The van der Waals surface area contributed by atoms with Gasteiger partial charge in [-0.1, -0.05) is 42.5 Å². The number of carbonyl (C=O) groups excluding carboxylic acids is 2. The molecular formula is C23H19NO2S. The molecule has 0 aromatic heterocycles. The maximum absolute atomic E-state index is 12.7. The molecule has 134 valence electrons. The van der Waals surface area contributed by atoms with Gasteiger partial charge in [0.05, 0.1) is 5.75 Å². The van der Waals surface area contributed by atoms with Gasteiger partial charge in [-0.05, 0) is 52.9 Å². The molecule has 3 nitrogen and oxygen atoms in total. The average Bonchev–Trinajstić information content (AvgIpc) is 3.03. The van der Waals surface area contributed by atoms with Gasteiger partial charge in [0.15, 0.2) is 5.78 Å². The second-order valence-corrected chi connectivity index (χ2v) is 7.68. The molecule has 0 fully saturated rings. The molecule has 1 amide bonds. The highest BCUT2D eigenvalue weighted by atomic mass is 32.2. The van der Waals surface area contributed by atoms with Gasteiger partial charge in [0, 0.05) is 23.1 Å². The molecule has 0 spiro atoms. The van der Waals surface area contributed by atoms with E-state index in [0.29, 0.717) is 5.75 Å². The van der Waals surface area contributed by atoms with E-state index in [9.17, 15) is 9.59 Å². The molecule has 0 aliphatic heterocycles. The highest BCUT2D eigenvalue weighted by Gasteiger charge is 2.19. The summed E-state index contributed by atoms with van der Waals surface area (Å²) in [4.78, 5) is 24.8. The Balaban J connectivity index is 1.45. The summed E-state index contributed by atoms with van der Waals surface area (Å²) in [5.74, 6) is 0.381. The minimum Gasteiger partial charge on any atom is -0.326 e. The highest BCUT2D eigenvalue weighted by Crippen LogP contribution is 2.37. The number of thioether (sulfide) groups is 1. The van der Waals surface area contributed by atoms with Crippen LogP contribution in [0.15, 0.2) is 71.6 Å². The quantitative estimate of drug-likeness (QED) is 0.387. The standard InChI is InChI=1S/C23H19NO2S/c1-15(25)24-19-6-4-7-20(13-19)27-14-23(26)17-9-10-22-18(12-17)11-16-5-2-3-8-21(16)22/h2-10,12-13H,11,14H2,1H3,(H,24,25). The third kappa shape index (κ3) is 3.81. The fourth-order valence-electron chi connectivity index (χ4n) is 3.42. The third-order valence-corrected chi connectivity index (χ3v) is 5.63. The van der Waals surface area contributed by atoms with Gasteiger partial charge < -0.3 is 5.32 Å². The second-order valence-electron chi connectivity index (χ2n) is 6.63. The summed E-state index contributed by atoms with van der Waals surface area (Å²) in [6.45, 7) is 1.48. The predicted molar refractivity (Wildman–Crippen MR) is 110 cm³/mol. The van der Waals surface area contributed by atoms with Crippen molar-refractivity contribution in [3.63, 3.8) is 0 Å². The fourth-order valence-corrected chi connectivity index (χ4v) is 4.27. The van der Waals surface area contributed by atoms with Crippen LogP contribution in [-0.4, -0.2) is 17.4 Å². The molecule has 4 rings (SSSR count). The number of ketones is 1. The van der Waals surface area contributed by atoms with E-state index in [4.69, 9.17) is 0 Å². The molecule has 0 atom stereocenters. The lowest BCUT2D eigenvalue weighted by Crippen LogP contribution is -2.06. The fraction of sp³-hybridized carbons (Fsp3) is 0.130. The van der Waals surface area contributed by atoms with Crippen LogP contribution >= 0.6 is 11.8 Å². The van der Waals surface area contributed by atoms with Crippen LogP contribution < -0.4 is 5.32 Å². The first-order valence-electron chi connectivity index (χ1n) is 8.85. The number of benzene rings is 3. The maximum Gasteiger partial charge on any atom is 0.221 e. The van der Waals surface area contributed by atoms with Crippen LogP contribution in [0.25, 0.3) is 11.1 Å². The Hall–Kier alpha value is -2.85. The molecule has 4 heteroatoms. The molecule has 3 aromatic rings. The van der Waals surface area contributed by atoms with E-state index in [1.54, 1.807) is 0 Å². The lowest BCUT2D eigenvalue weighted by molar-refractivity contribution is -0.114. The first-order valence-corrected chi connectivity index (χ1v) is 9.83. The number of amides is 1. The first kappa shape index (κ1) is 17.6. The molecule has 1 aliphatic rings. The SMILES string of the molecule is CC(=O)Nc1cccc(SCC(=O)c2ccc3c(c2)Cc2ccccc2-3)c1. The summed E-state index contributed by atoms with van der Waals surface area (Å²) in [6, 6.07) is 22.0. The van der Waals surface area contributed by atoms with Gasteiger partial charge in [-0.15, -0.1) is 11.8 Å². The van der Waals surface area contributed by atoms with Crippen LogP contribution in [0.4, 0.5) is 5.69 Å². The number of hydrogen-bond donors (Lipinski definition) is 1. The number of carbonyl (C=O) groups is 2. The van der Waals surface area contributed by atoms with E-state index < -0.39 is 0 Å². The largest absolute Gasteiger partial charge is 0.326 e. The van der Waals surface area contributed by atoms with Crippen molar-refractivity contribution in [2.45, 2.75) is 18.2 Å². The molecular weight excluding hydrogens is 354 g/mol. The molecule has 0 bridgehead atoms. The summed E-state index contributed by atoms with van der Waals surface area (Å²) in [5.41, 5.74) is 6.55. The highest BCUT2D eigenvalue weighted by molar-refractivity contribution is 8.00. The number of fused-ring (bicyclic) bond motifs is 3. The Labute approximate surface area is 162 Å². The Bertz CT molecular complexity index is 1040. The number of Topliss-reactive ketones (excluding diaryl/α,β-unsaturated/α-hetero) is 1. The van der Waals surface area contributed by atoms with Crippen LogP contribution in [0.3, 0.4) is 0 Å². The van der Waals surface area contributed by atoms with Gasteiger partial charge >= 0.3 is 0 Å². The number of nitrogens with one attached hydrogen (secondary N) is 1. The monoisotopic (exact) mass is 373 g/mol. The topological polar surface area (TPSA) is 46.2 Å². The summed E-state index contributed by atoms with van der Waals surface area (Å²) < 4.78 is 0. The Morgan fingerprint density at radius 1 is 0.926 bits per heavy atom. The van der Waals surface area contributed by atoms with Gasteiger partial charge in [0.25, 0.3) is 0 Å². The van der Waals surface area contributed by atoms with Crippen LogP contribution in [0.5, 0.6) is 0 Å². The zero-order valence-corrected chi connectivity index (χ0v) is 15.8. The number of hydrogen-bond acceptors (Lipinski definition) is 3. The molecule has 1 aliphatic carbocycles. The van der Waals surface area contributed by atoms with E-state index in [2.05, 4.69) is 35.6 Å². The van der Waals surface area contributed by atoms with Gasteiger partial charge in [-0.25, -0.2) is 0 Å². The molecule has 0 radical (unpaired) electrons. The van der Waals surface area contributed by atoms with Gasteiger partial charge in [0.2, 0.25) is 5.91 Å². The summed E-state index contributed by atoms with van der Waals surface area (Å²) >= 11 is 1.48. The van der Waals surface area contributed by atoms with Crippen LogP contribution in [-0.2, 0) is 11.2 Å². The molecule has 0 heterocycles. The Kier molecular flexibility index (Phi) is 4.82. The van der Waals surface area contributed by atoms with Crippen LogP contribution in [0.2, 0.25) is 0 Å².